The van der Waals surface area contributed by atoms with Gasteiger partial charge in [0.1, 0.15) is 11.5 Å². The lowest BCUT2D eigenvalue weighted by molar-refractivity contribution is -0.138. The summed E-state index contributed by atoms with van der Waals surface area (Å²) in [6.07, 6.45) is -0.292. The highest BCUT2D eigenvalue weighted by Gasteiger charge is 2.51. The number of aromatic nitrogens is 2. The Morgan fingerprint density at radius 3 is 2.70 bits per heavy atom. The fourth-order valence-corrected chi connectivity index (χ4v) is 4.69. The molecular weight excluding hydrogens is 433 g/mol. The predicted molar refractivity (Wildman–Crippen MR) is 114 cm³/mol. The van der Waals surface area contributed by atoms with E-state index in [1.165, 1.54) is 18.2 Å². The van der Waals surface area contributed by atoms with Gasteiger partial charge in [-0.25, -0.2) is 4.98 Å². The smallest absolute Gasteiger partial charge is 0.350 e. The van der Waals surface area contributed by atoms with Crippen molar-refractivity contribution in [3.63, 3.8) is 0 Å². The van der Waals surface area contributed by atoms with Crippen LogP contribution in [0.5, 0.6) is 0 Å². The van der Waals surface area contributed by atoms with Crippen LogP contribution in [0.15, 0.2) is 54.9 Å². The third kappa shape index (κ3) is 3.63. The molecule has 0 fully saturated rings. The first-order valence-electron chi connectivity index (χ1n) is 10.5. The second kappa shape index (κ2) is 7.68. The topological polar surface area (TPSA) is 84.0 Å². The van der Waals surface area contributed by atoms with Crippen molar-refractivity contribution in [2.24, 2.45) is 0 Å². The highest BCUT2D eigenvalue weighted by Crippen LogP contribution is 2.46. The van der Waals surface area contributed by atoms with Crippen LogP contribution in [0.3, 0.4) is 0 Å². The first-order chi connectivity index (χ1) is 15.8. The van der Waals surface area contributed by atoms with Crippen molar-refractivity contribution in [3.8, 4) is 0 Å². The molecule has 33 heavy (non-hydrogen) atoms. The summed E-state index contributed by atoms with van der Waals surface area (Å²) in [5.74, 6) is -0.0386. The van der Waals surface area contributed by atoms with E-state index in [9.17, 15) is 22.8 Å². The van der Waals surface area contributed by atoms with Gasteiger partial charge in [-0.2, -0.15) is 13.2 Å². The van der Waals surface area contributed by atoms with E-state index in [4.69, 9.17) is 0 Å². The van der Waals surface area contributed by atoms with Gasteiger partial charge in [0, 0.05) is 24.5 Å². The molecule has 1 aromatic carbocycles. The minimum absolute atomic E-state index is 0.0378. The minimum atomic E-state index is -4.45. The lowest BCUT2D eigenvalue weighted by atomic mass is 9.79. The Bertz CT molecular complexity index is 1270. The van der Waals surface area contributed by atoms with E-state index in [0.29, 0.717) is 18.7 Å². The van der Waals surface area contributed by atoms with Crippen LogP contribution < -0.4 is 10.6 Å². The van der Waals surface area contributed by atoms with Gasteiger partial charge in [-0.3, -0.25) is 14.6 Å². The number of anilines is 1. The minimum Gasteiger partial charge on any atom is -0.350 e. The molecule has 1 aliphatic heterocycles. The van der Waals surface area contributed by atoms with Crippen molar-refractivity contribution in [1.82, 2.24) is 15.3 Å². The number of fused-ring (bicyclic) bond motifs is 3. The highest BCUT2D eigenvalue weighted by atomic mass is 19.4. The van der Waals surface area contributed by atoms with Crippen molar-refractivity contribution in [2.45, 2.75) is 30.9 Å². The largest absolute Gasteiger partial charge is 0.416 e. The molecule has 3 aromatic rings. The van der Waals surface area contributed by atoms with E-state index in [0.717, 1.165) is 22.8 Å². The third-order valence-electron chi connectivity index (χ3n) is 6.29. The van der Waals surface area contributed by atoms with Gasteiger partial charge < -0.3 is 10.6 Å². The zero-order valence-corrected chi connectivity index (χ0v) is 17.4. The molecule has 2 N–H and O–H groups in total. The maximum Gasteiger partial charge on any atom is 0.416 e. The maximum absolute atomic E-state index is 13.1. The second-order valence-electron chi connectivity index (χ2n) is 8.29. The van der Waals surface area contributed by atoms with Crippen molar-refractivity contribution < 1.29 is 22.8 Å². The molecule has 2 aromatic heterocycles. The van der Waals surface area contributed by atoms with Gasteiger partial charge >= 0.3 is 6.18 Å². The second-order valence-corrected chi connectivity index (χ2v) is 8.29. The maximum atomic E-state index is 13.1. The van der Waals surface area contributed by atoms with Crippen LogP contribution >= 0.6 is 0 Å². The summed E-state index contributed by atoms with van der Waals surface area (Å²) < 4.78 is 39.4. The number of nitrogens with one attached hydrogen (secondary N) is 2. The third-order valence-corrected chi connectivity index (χ3v) is 6.29. The summed E-state index contributed by atoms with van der Waals surface area (Å²) >= 11 is 0. The number of halogens is 3. The van der Waals surface area contributed by atoms with Crippen LogP contribution in [0.4, 0.5) is 19.0 Å². The van der Waals surface area contributed by atoms with Crippen LogP contribution in [0.25, 0.3) is 0 Å². The van der Waals surface area contributed by atoms with E-state index < -0.39 is 23.1 Å². The van der Waals surface area contributed by atoms with Gasteiger partial charge in [0.2, 0.25) is 5.91 Å². The summed E-state index contributed by atoms with van der Waals surface area (Å²) in [5, 5.41) is 5.48. The van der Waals surface area contributed by atoms with Crippen LogP contribution in [0.1, 0.15) is 38.3 Å². The molecule has 1 aliphatic carbocycles. The number of carbonyl (C=O) groups is 2. The zero-order valence-electron chi connectivity index (χ0n) is 17.4. The van der Waals surface area contributed by atoms with E-state index in [2.05, 4.69) is 20.6 Å². The standard InChI is InChI=1S/C24H19F3N4O2/c25-24(26,27)17-5-2-1-4-14(17)7-9-29-21(32)19-10-15-11-23(12-16(15)13-30-19)18-6-3-8-28-20(18)31-22(23)33/h1-6,8,10,13H,7,9,11-12H2,(H,29,32)(H,28,31,33). The van der Waals surface area contributed by atoms with Crippen LogP contribution in [0, 0.1) is 0 Å². The number of hydrogen-bond acceptors (Lipinski definition) is 4. The van der Waals surface area contributed by atoms with Crippen molar-refractivity contribution in [2.75, 3.05) is 11.9 Å². The number of nitrogens with zero attached hydrogens (tertiary/aromatic N) is 2. The van der Waals surface area contributed by atoms with Crippen LogP contribution in [-0.2, 0) is 35.6 Å². The molecule has 1 atom stereocenters. The zero-order chi connectivity index (χ0) is 23.2. The Kier molecular flexibility index (Phi) is 4.92. The summed E-state index contributed by atoms with van der Waals surface area (Å²) in [6.45, 7) is 0.0378. The summed E-state index contributed by atoms with van der Waals surface area (Å²) in [7, 11) is 0. The van der Waals surface area contributed by atoms with Gasteiger partial charge in [-0.15, -0.1) is 0 Å². The molecule has 0 radical (unpaired) electrons. The molecule has 2 amide bonds. The highest BCUT2D eigenvalue weighted by molar-refractivity contribution is 6.06. The van der Waals surface area contributed by atoms with Gasteiger partial charge in [0.05, 0.1) is 11.0 Å². The normalized spacial score (nSPS) is 18.7. The summed E-state index contributed by atoms with van der Waals surface area (Å²) in [5.41, 5.74) is 1.39. The van der Waals surface area contributed by atoms with Gasteiger partial charge in [-0.1, -0.05) is 24.3 Å². The molecule has 5 rings (SSSR count). The van der Waals surface area contributed by atoms with Crippen LogP contribution in [0.2, 0.25) is 0 Å². The predicted octanol–water partition coefficient (Wildman–Crippen LogP) is 3.46. The molecule has 1 spiro atoms. The fraction of sp³-hybridized carbons (Fsp3) is 0.250. The number of rotatable bonds is 4. The van der Waals surface area contributed by atoms with Crippen molar-refractivity contribution >= 4 is 17.6 Å². The average molecular weight is 452 g/mol. The number of carbonyl (C=O) groups excluding carboxylic acids is 2. The number of pyridine rings is 2. The first kappa shape index (κ1) is 21.1. The number of benzene rings is 1. The van der Waals surface area contributed by atoms with Crippen molar-refractivity contribution in [1.29, 1.82) is 0 Å². The Hall–Kier alpha value is -3.75. The lowest BCUT2D eigenvalue weighted by Gasteiger charge is -2.20. The van der Waals surface area contributed by atoms with E-state index in [1.54, 1.807) is 24.5 Å². The molecule has 168 valence electrons. The Balaban J connectivity index is 1.29. The van der Waals surface area contributed by atoms with Gasteiger partial charge in [-0.05, 0) is 54.2 Å². The molecule has 0 saturated carbocycles. The van der Waals surface area contributed by atoms with Crippen molar-refractivity contribution in [3.05, 3.63) is 88.4 Å². The Morgan fingerprint density at radius 2 is 1.88 bits per heavy atom. The molecule has 0 bridgehead atoms. The Morgan fingerprint density at radius 1 is 1.09 bits per heavy atom. The molecule has 9 heteroatoms. The number of amides is 2. The molecule has 3 heterocycles. The molecule has 6 nitrogen and oxygen atoms in total. The molecule has 1 unspecified atom stereocenters. The van der Waals surface area contributed by atoms with E-state index >= 15 is 0 Å². The number of hydrogen-bond donors (Lipinski definition) is 2. The van der Waals surface area contributed by atoms with Gasteiger partial charge in [0.25, 0.3) is 5.91 Å². The van der Waals surface area contributed by atoms with E-state index in [1.807, 2.05) is 6.07 Å². The SMILES string of the molecule is O=C(NCCc1ccccc1C(F)(F)F)c1cc2c(cn1)CC1(C2)C(=O)Nc2ncccc21. The van der Waals surface area contributed by atoms with Gasteiger partial charge in [0.15, 0.2) is 0 Å². The van der Waals surface area contributed by atoms with E-state index in [-0.39, 0.29) is 30.1 Å². The quantitative estimate of drug-likeness (QED) is 0.635. The molecule has 0 saturated heterocycles. The first-order valence-corrected chi connectivity index (χ1v) is 10.5. The number of alkyl halides is 3. The summed E-state index contributed by atoms with van der Waals surface area (Å²) in [4.78, 5) is 33.9. The lowest BCUT2D eigenvalue weighted by Crippen LogP contribution is -2.35. The van der Waals surface area contributed by atoms with Crippen LogP contribution in [-0.4, -0.2) is 28.3 Å². The monoisotopic (exact) mass is 452 g/mol. The molecular formula is C24H19F3N4O2. The molecule has 2 aliphatic rings. The average Bonchev–Trinajstić information content (AvgIpc) is 3.30. The summed E-state index contributed by atoms with van der Waals surface area (Å²) in [6, 6.07) is 10.6. The fourth-order valence-electron chi connectivity index (χ4n) is 4.69. The Labute approximate surface area is 187 Å².